The molecule has 0 spiro atoms. The fraction of sp³-hybridized carbons (Fsp3) is 0.364. The van der Waals surface area contributed by atoms with Crippen molar-refractivity contribution in [3.8, 4) is 5.75 Å². The Morgan fingerprint density at radius 3 is 2.58 bits per heavy atom. The summed E-state index contributed by atoms with van der Waals surface area (Å²) in [6.07, 6.45) is -4.07. The molecule has 0 atom stereocenters. The SMILES string of the molecule is CC(C)C(=O)Nc1cccc(N2CCCN(Cc3cccc(OC(F)(F)F)c3)C2=O)c1. The minimum Gasteiger partial charge on any atom is -0.406 e. The van der Waals surface area contributed by atoms with Gasteiger partial charge in [0, 0.05) is 36.9 Å². The number of rotatable bonds is 6. The van der Waals surface area contributed by atoms with Crippen LogP contribution in [-0.2, 0) is 11.3 Å². The molecule has 0 aliphatic carbocycles. The van der Waals surface area contributed by atoms with Crippen LogP contribution in [0.1, 0.15) is 25.8 Å². The average Bonchev–Trinajstić information content (AvgIpc) is 2.68. The Labute approximate surface area is 178 Å². The highest BCUT2D eigenvalue weighted by atomic mass is 19.4. The Morgan fingerprint density at radius 2 is 1.87 bits per heavy atom. The van der Waals surface area contributed by atoms with Gasteiger partial charge in [-0.15, -0.1) is 13.2 Å². The van der Waals surface area contributed by atoms with Gasteiger partial charge in [0.05, 0.1) is 0 Å². The molecule has 1 aliphatic heterocycles. The smallest absolute Gasteiger partial charge is 0.406 e. The van der Waals surface area contributed by atoms with Crippen LogP contribution in [0.15, 0.2) is 48.5 Å². The molecule has 0 bridgehead atoms. The largest absolute Gasteiger partial charge is 0.573 e. The molecule has 1 saturated heterocycles. The van der Waals surface area contributed by atoms with E-state index in [1.54, 1.807) is 54.0 Å². The molecule has 6 nitrogen and oxygen atoms in total. The number of benzene rings is 2. The van der Waals surface area contributed by atoms with E-state index in [-0.39, 0.29) is 30.2 Å². The summed E-state index contributed by atoms with van der Waals surface area (Å²) in [5.74, 6) is -0.613. The fourth-order valence-corrected chi connectivity index (χ4v) is 3.27. The standard InChI is InChI=1S/C22H24F3N3O3/c1-15(2)20(29)26-17-7-4-8-18(13-17)28-11-5-10-27(21(28)30)14-16-6-3-9-19(12-16)31-22(23,24)25/h3-4,6-9,12-13,15H,5,10-11,14H2,1-2H3,(H,26,29). The molecule has 9 heteroatoms. The highest BCUT2D eigenvalue weighted by molar-refractivity contribution is 5.95. The highest BCUT2D eigenvalue weighted by Gasteiger charge is 2.31. The molecule has 2 aromatic rings. The molecule has 0 aromatic heterocycles. The zero-order valence-electron chi connectivity index (χ0n) is 17.3. The number of ether oxygens (including phenoxy) is 1. The summed E-state index contributed by atoms with van der Waals surface area (Å²) < 4.78 is 41.4. The Kier molecular flexibility index (Phi) is 6.72. The van der Waals surface area contributed by atoms with Crippen molar-refractivity contribution in [2.75, 3.05) is 23.3 Å². The van der Waals surface area contributed by atoms with Crippen LogP contribution >= 0.6 is 0 Å². The molecule has 1 fully saturated rings. The molecule has 0 radical (unpaired) electrons. The highest BCUT2D eigenvalue weighted by Crippen LogP contribution is 2.27. The lowest BCUT2D eigenvalue weighted by atomic mass is 10.1. The fourth-order valence-electron chi connectivity index (χ4n) is 3.27. The zero-order chi connectivity index (χ0) is 22.6. The first-order valence-corrected chi connectivity index (χ1v) is 9.94. The second kappa shape index (κ2) is 9.28. The van der Waals surface area contributed by atoms with Gasteiger partial charge in [0.2, 0.25) is 5.91 Å². The molecular formula is C22H24F3N3O3. The molecule has 1 aliphatic rings. The van der Waals surface area contributed by atoms with Crippen molar-refractivity contribution in [3.05, 3.63) is 54.1 Å². The van der Waals surface area contributed by atoms with Gasteiger partial charge in [-0.3, -0.25) is 9.69 Å². The van der Waals surface area contributed by atoms with E-state index in [1.807, 2.05) is 0 Å². The number of carbonyl (C=O) groups excluding carboxylic acids is 2. The number of nitrogens with one attached hydrogen (secondary N) is 1. The molecular weight excluding hydrogens is 411 g/mol. The predicted octanol–water partition coefficient (Wildman–Crippen LogP) is 5.01. The Hall–Kier alpha value is -3.23. The maximum atomic E-state index is 13.0. The minimum atomic E-state index is -4.77. The molecule has 3 amide bonds. The number of alkyl halides is 3. The van der Waals surface area contributed by atoms with E-state index < -0.39 is 6.36 Å². The van der Waals surface area contributed by atoms with E-state index in [9.17, 15) is 22.8 Å². The van der Waals surface area contributed by atoms with Gasteiger partial charge in [0.1, 0.15) is 5.75 Å². The minimum absolute atomic E-state index is 0.121. The third-order valence-corrected chi connectivity index (χ3v) is 4.77. The third-order valence-electron chi connectivity index (χ3n) is 4.77. The normalized spacial score (nSPS) is 14.7. The van der Waals surface area contributed by atoms with Crippen LogP contribution in [0.25, 0.3) is 0 Å². The van der Waals surface area contributed by atoms with Crippen LogP contribution in [0.3, 0.4) is 0 Å². The quantitative estimate of drug-likeness (QED) is 0.694. The molecule has 0 unspecified atom stereocenters. The van der Waals surface area contributed by atoms with Crippen LogP contribution < -0.4 is 15.0 Å². The van der Waals surface area contributed by atoms with E-state index in [4.69, 9.17) is 0 Å². The van der Waals surface area contributed by atoms with Crippen molar-refractivity contribution in [2.24, 2.45) is 5.92 Å². The number of urea groups is 1. The molecule has 0 saturated carbocycles. The van der Waals surface area contributed by atoms with E-state index in [0.29, 0.717) is 36.4 Å². The summed E-state index contributed by atoms with van der Waals surface area (Å²) in [4.78, 5) is 28.2. The first-order chi connectivity index (χ1) is 14.6. The van der Waals surface area contributed by atoms with Crippen LogP contribution in [0.2, 0.25) is 0 Å². The van der Waals surface area contributed by atoms with Crippen molar-refractivity contribution in [1.82, 2.24) is 4.90 Å². The van der Waals surface area contributed by atoms with Crippen LogP contribution in [0.5, 0.6) is 5.75 Å². The van der Waals surface area contributed by atoms with Crippen molar-refractivity contribution in [2.45, 2.75) is 33.2 Å². The molecule has 3 rings (SSSR count). The Bertz CT molecular complexity index is 947. The topological polar surface area (TPSA) is 61.9 Å². The van der Waals surface area contributed by atoms with Gasteiger partial charge in [-0.1, -0.05) is 32.0 Å². The van der Waals surface area contributed by atoms with E-state index in [0.717, 1.165) is 0 Å². The summed E-state index contributed by atoms with van der Waals surface area (Å²) in [7, 11) is 0. The number of hydrogen-bond donors (Lipinski definition) is 1. The number of anilines is 2. The first kappa shape index (κ1) is 22.5. The lowest BCUT2D eigenvalue weighted by molar-refractivity contribution is -0.274. The van der Waals surface area contributed by atoms with E-state index in [2.05, 4.69) is 10.1 Å². The molecule has 2 aromatic carbocycles. The lowest BCUT2D eigenvalue weighted by Gasteiger charge is -2.36. The second-order valence-electron chi connectivity index (χ2n) is 7.60. The molecule has 31 heavy (non-hydrogen) atoms. The van der Waals surface area contributed by atoms with Gasteiger partial charge in [-0.25, -0.2) is 4.79 Å². The van der Waals surface area contributed by atoms with Crippen molar-refractivity contribution >= 4 is 23.3 Å². The van der Waals surface area contributed by atoms with Crippen LogP contribution in [0, 0.1) is 5.92 Å². The zero-order valence-corrected chi connectivity index (χ0v) is 17.3. The number of amides is 3. The number of halogens is 3. The van der Waals surface area contributed by atoms with Gasteiger partial charge in [-0.2, -0.15) is 0 Å². The molecule has 1 heterocycles. The monoisotopic (exact) mass is 435 g/mol. The number of carbonyl (C=O) groups is 2. The van der Waals surface area contributed by atoms with Crippen molar-refractivity contribution in [1.29, 1.82) is 0 Å². The van der Waals surface area contributed by atoms with Gasteiger partial charge >= 0.3 is 12.4 Å². The number of hydrogen-bond acceptors (Lipinski definition) is 3. The summed E-state index contributed by atoms with van der Waals surface area (Å²) in [5.41, 5.74) is 1.78. The average molecular weight is 435 g/mol. The van der Waals surface area contributed by atoms with Crippen LogP contribution in [-0.4, -0.2) is 36.3 Å². The van der Waals surface area contributed by atoms with E-state index in [1.165, 1.54) is 18.2 Å². The van der Waals surface area contributed by atoms with Crippen molar-refractivity contribution in [3.63, 3.8) is 0 Å². The first-order valence-electron chi connectivity index (χ1n) is 9.94. The van der Waals surface area contributed by atoms with Crippen LogP contribution in [0.4, 0.5) is 29.3 Å². The summed E-state index contributed by atoms with van der Waals surface area (Å²) in [6.45, 7) is 4.74. The maximum Gasteiger partial charge on any atom is 0.573 e. The van der Waals surface area contributed by atoms with Gasteiger partial charge in [0.25, 0.3) is 0 Å². The van der Waals surface area contributed by atoms with Gasteiger partial charge in [0.15, 0.2) is 0 Å². The van der Waals surface area contributed by atoms with E-state index >= 15 is 0 Å². The third kappa shape index (κ3) is 6.13. The Morgan fingerprint density at radius 1 is 1.13 bits per heavy atom. The summed E-state index contributed by atoms with van der Waals surface area (Å²) in [5, 5.41) is 2.82. The summed E-state index contributed by atoms with van der Waals surface area (Å²) in [6, 6.07) is 12.4. The lowest BCUT2D eigenvalue weighted by Crippen LogP contribution is -2.49. The molecule has 1 N–H and O–H groups in total. The van der Waals surface area contributed by atoms with Gasteiger partial charge in [-0.05, 0) is 42.3 Å². The molecule has 166 valence electrons. The van der Waals surface area contributed by atoms with Crippen molar-refractivity contribution < 1.29 is 27.5 Å². The van der Waals surface area contributed by atoms with Gasteiger partial charge < -0.3 is 15.0 Å². The Balaban J connectivity index is 1.72. The number of nitrogens with zero attached hydrogens (tertiary/aromatic N) is 2. The predicted molar refractivity (Wildman–Crippen MR) is 111 cm³/mol. The summed E-state index contributed by atoms with van der Waals surface area (Å²) >= 11 is 0. The second-order valence-corrected chi connectivity index (χ2v) is 7.60. The maximum absolute atomic E-state index is 13.0.